The normalized spacial score (nSPS) is 16.4. The van der Waals surface area contributed by atoms with E-state index in [4.69, 9.17) is 49.8 Å². The smallest absolute Gasteiger partial charge is 0.197 e. The summed E-state index contributed by atoms with van der Waals surface area (Å²) in [6, 6.07) is 45.4. The first kappa shape index (κ1) is 49.3. The Labute approximate surface area is 413 Å². The van der Waals surface area contributed by atoms with Crippen LogP contribution in [-0.4, -0.2) is 98.8 Å². The summed E-state index contributed by atoms with van der Waals surface area (Å²) >= 11 is 11.9. The highest BCUT2D eigenvalue weighted by Gasteiger charge is 2.39. The van der Waals surface area contributed by atoms with E-state index in [-0.39, 0.29) is 16.7 Å². The van der Waals surface area contributed by atoms with Gasteiger partial charge in [0, 0.05) is 63.1 Å². The summed E-state index contributed by atoms with van der Waals surface area (Å²) in [6.45, 7) is 4.35. The van der Waals surface area contributed by atoms with Crippen LogP contribution in [0.2, 0.25) is 0 Å². The molecule has 5 aromatic carbocycles. The molecule has 0 saturated carbocycles. The van der Waals surface area contributed by atoms with Gasteiger partial charge in [0.25, 0.3) is 0 Å². The number of nitrogens with two attached hydrogens (primary N) is 1. The molecule has 2 aliphatic rings. The monoisotopic (exact) mass is 948 g/mol. The van der Waals surface area contributed by atoms with E-state index in [1.54, 1.807) is 27.5 Å². The van der Waals surface area contributed by atoms with Crippen molar-refractivity contribution in [3.05, 3.63) is 173 Å². The molecular formula is C55H64N8O3S2. The van der Waals surface area contributed by atoms with Gasteiger partial charge in [-0.25, -0.2) is 4.99 Å². The van der Waals surface area contributed by atoms with Crippen molar-refractivity contribution in [2.24, 2.45) is 21.6 Å². The number of piperidine rings is 2. The number of hydrogen-bond donors (Lipinski definition) is 4. The third kappa shape index (κ3) is 12.3. The molecule has 0 radical (unpaired) electrons. The predicted octanol–water partition coefficient (Wildman–Crippen LogP) is 9.09. The molecule has 68 heavy (non-hydrogen) atoms. The van der Waals surface area contributed by atoms with Crippen molar-refractivity contribution in [2.75, 3.05) is 60.5 Å². The van der Waals surface area contributed by atoms with E-state index in [0.29, 0.717) is 41.9 Å². The van der Waals surface area contributed by atoms with Crippen LogP contribution in [0.5, 0.6) is 17.2 Å². The molecule has 1 atom stereocenters. The number of hydrogen-bond acceptors (Lipinski definition) is 8. The molecule has 13 heteroatoms. The van der Waals surface area contributed by atoms with Crippen LogP contribution < -0.4 is 30.6 Å². The van der Waals surface area contributed by atoms with Gasteiger partial charge in [0.15, 0.2) is 11.8 Å². The second kappa shape index (κ2) is 23.9. The van der Waals surface area contributed by atoms with E-state index in [0.717, 1.165) is 86.1 Å². The first-order valence-corrected chi connectivity index (χ1v) is 24.2. The number of rotatable bonds is 19. The van der Waals surface area contributed by atoms with Crippen LogP contribution in [0.15, 0.2) is 155 Å². The fourth-order valence-electron chi connectivity index (χ4n) is 9.44. The largest absolute Gasteiger partial charge is 0.496 e. The number of ether oxygens (including phenoxy) is 3. The Morgan fingerprint density at radius 1 is 0.706 bits per heavy atom. The van der Waals surface area contributed by atoms with Gasteiger partial charge in [-0.1, -0.05) is 121 Å². The summed E-state index contributed by atoms with van der Waals surface area (Å²) < 4.78 is 18.0. The lowest BCUT2D eigenvalue weighted by atomic mass is 9.72. The molecule has 5 aromatic rings. The predicted molar refractivity (Wildman–Crippen MR) is 285 cm³/mol. The molecule has 2 saturated heterocycles. The highest BCUT2D eigenvalue weighted by atomic mass is 32.1. The second-order valence-corrected chi connectivity index (χ2v) is 18.4. The number of nitrogens with zero attached hydrogens (tertiary/aromatic N) is 4. The highest BCUT2D eigenvalue weighted by Crippen LogP contribution is 2.38. The Morgan fingerprint density at radius 3 is 1.78 bits per heavy atom. The fraction of sp³-hybridized carbons (Fsp3) is 0.327. The molecule has 0 bridgehead atoms. The van der Waals surface area contributed by atoms with Crippen LogP contribution >= 0.6 is 24.4 Å². The lowest BCUT2D eigenvalue weighted by molar-refractivity contribution is 0.139. The van der Waals surface area contributed by atoms with Gasteiger partial charge in [0.2, 0.25) is 0 Å². The zero-order chi connectivity index (χ0) is 47.8. The summed E-state index contributed by atoms with van der Waals surface area (Å²) in [5.41, 5.74) is 11.4. The minimum absolute atomic E-state index is 0.0571. The van der Waals surface area contributed by atoms with Gasteiger partial charge in [-0.3, -0.25) is 4.99 Å². The lowest BCUT2D eigenvalue weighted by Gasteiger charge is -2.43. The highest BCUT2D eigenvalue weighted by molar-refractivity contribution is 7.81. The van der Waals surface area contributed by atoms with Crippen molar-refractivity contribution in [3.8, 4) is 17.2 Å². The standard InChI is InChI=1S/C55H64N8O3S2/c1-58-40-61-53(57)63-33-29-55(30-34-63,39-60-52(68)47-22-11-13-24-49(47)65-3)44-18-14-15-41(36-44)35-42(37-56)25-26-50(66-45-19-8-5-9-20-45)62-31-27-54(28-32-62,43-16-6-4-7-17-43)38-59-51(67)46-21-10-12-23-48(46)64-2/h4-24,26,36-37,40,42,56H,25,27-35,38-39H2,1-3H3,(H,59,67)(H,60,68)(H2,57,58,61)/b50-26-,56-37?. The van der Waals surface area contributed by atoms with E-state index >= 15 is 0 Å². The number of methoxy groups -OCH3 is 2. The molecule has 0 spiro atoms. The topological polar surface area (TPSA) is 133 Å². The van der Waals surface area contributed by atoms with Gasteiger partial charge in [0.1, 0.15) is 33.6 Å². The summed E-state index contributed by atoms with van der Waals surface area (Å²) in [7, 11) is 5.03. The number of benzene rings is 5. The Balaban J connectivity index is 1.09. The first-order chi connectivity index (χ1) is 33.2. The molecule has 7 rings (SSSR count). The van der Waals surface area contributed by atoms with E-state index in [1.165, 1.54) is 23.0 Å². The van der Waals surface area contributed by atoms with Crippen LogP contribution in [0.4, 0.5) is 0 Å². The fourth-order valence-corrected chi connectivity index (χ4v) is 9.92. The minimum Gasteiger partial charge on any atom is -0.496 e. The van der Waals surface area contributed by atoms with Crippen LogP contribution in [0.25, 0.3) is 0 Å². The second-order valence-electron chi connectivity index (χ2n) is 17.6. The summed E-state index contributed by atoms with van der Waals surface area (Å²) in [6.07, 6.45) is 10.0. The molecule has 2 fully saturated rings. The Hall–Kier alpha value is -6.57. The average molecular weight is 949 g/mol. The maximum atomic E-state index is 8.65. The van der Waals surface area contributed by atoms with Crippen molar-refractivity contribution < 1.29 is 14.2 Å². The van der Waals surface area contributed by atoms with Gasteiger partial charge in [-0.15, -0.1) is 0 Å². The van der Waals surface area contributed by atoms with Gasteiger partial charge >= 0.3 is 0 Å². The zero-order valence-corrected chi connectivity index (χ0v) is 41.0. The molecule has 354 valence electrons. The maximum Gasteiger partial charge on any atom is 0.197 e. The van der Waals surface area contributed by atoms with Gasteiger partial charge in [-0.05, 0) is 104 Å². The van der Waals surface area contributed by atoms with E-state index < -0.39 is 0 Å². The van der Waals surface area contributed by atoms with Crippen molar-refractivity contribution in [3.63, 3.8) is 0 Å². The van der Waals surface area contributed by atoms with Crippen LogP contribution in [0.1, 0.15) is 59.9 Å². The Bertz CT molecular complexity index is 2550. The van der Waals surface area contributed by atoms with Gasteiger partial charge < -0.3 is 45.8 Å². The van der Waals surface area contributed by atoms with Crippen LogP contribution in [0, 0.1) is 11.3 Å². The Kier molecular flexibility index (Phi) is 17.4. The van der Waals surface area contributed by atoms with Crippen molar-refractivity contribution in [2.45, 2.75) is 49.4 Å². The molecule has 2 aliphatic heterocycles. The molecule has 0 amide bonds. The van der Waals surface area contributed by atoms with Gasteiger partial charge in [0.05, 0.1) is 25.3 Å². The molecular weight excluding hydrogens is 885 g/mol. The number of para-hydroxylation sites is 3. The molecule has 2 heterocycles. The summed E-state index contributed by atoms with van der Waals surface area (Å²) in [5.74, 6) is 3.50. The third-order valence-corrected chi connectivity index (χ3v) is 14.2. The number of aliphatic imine (C=N–C) groups is 2. The summed E-state index contributed by atoms with van der Waals surface area (Å²) in [5, 5.41) is 15.9. The van der Waals surface area contributed by atoms with Crippen molar-refractivity contribution >= 4 is 52.9 Å². The van der Waals surface area contributed by atoms with Crippen molar-refractivity contribution in [1.82, 2.24) is 20.4 Å². The quantitative estimate of drug-likeness (QED) is 0.0275. The lowest BCUT2D eigenvalue weighted by Crippen LogP contribution is -2.52. The molecule has 1 unspecified atom stereocenters. The number of nitrogens with one attached hydrogen (secondary N) is 3. The van der Waals surface area contributed by atoms with Gasteiger partial charge in [-0.2, -0.15) is 0 Å². The van der Waals surface area contributed by atoms with Crippen LogP contribution in [0.3, 0.4) is 0 Å². The van der Waals surface area contributed by atoms with Crippen LogP contribution in [-0.2, 0) is 17.3 Å². The maximum absolute atomic E-state index is 8.65. The Morgan fingerprint density at radius 2 is 1.22 bits per heavy atom. The molecule has 0 aliphatic carbocycles. The van der Waals surface area contributed by atoms with E-state index in [1.807, 2.05) is 78.9 Å². The number of guanidine groups is 1. The average Bonchev–Trinajstić information content (AvgIpc) is 3.40. The molecule has 11 nitrogen and oxygen atoms in total. The minimum atomic E-state index is -0.243. The SMILES string of the molecule is CN=CN=C(N)N1CCC(CNC(=S)c2ccccc2OC)(c2cccc(CC(C=N)C/C=C(\Oc3ccccc3)N3CCC(CNC(=S)c4ccccc4OC)(c4ccccc4)CC3)c2)CC1. The number of allylic oxidation sites excluding steroid dienone is 1. The van der Waals surface area contributed by atoms with E-state index in [2.05, 4.69) is 91.1 Å². The zero-order valence-electron chi connectivity index (χ0n) is 39.4. The molecule has 5 N–H and O–H groups in total. The number of thiocarbonyl (C=S) groups is 2. The number of likely N-dealkylation sites (tertiary alicyclic amines) is 2. The van der Waals surface area contributed by atoms with E-state index in [9.17, 15) is 0 Å². The third-order valence-electron chi connectivity index (χ3n) is 13.5. The molecule has 0 aromatic heterocycles. The van der Waals surface area contributed by atoms with Crippen molar-refractivity contribution in [1.29, 1.82) is 5.41 Å². The summed E-state index contributed by atoms with van der Waals surface area (Å²) in [4.78, 5) is 14.1. The first-order valence-electron chi connectivity index (χ1n) is 23.3.